The Balaban J connectivity index is 2.47. The zero-order chi connectivity index (χ0) is 7.40. The van der Waals surface area contributed by atoms with Gasteiger partial charge < -0.3 is 4.74 Å². The molecule has 2 heteroatoms. The van der Waals surface area contributed by atoms with Crippen LogP contribution in [0.2, 0.25) is 0 Å². The lowest BCUT2D eigenvalue weighted by molar-refractivity contribution is -0.136. The van der Waals surface area contributed by atoms with Crippen LogP contribution in [0.5, 0.6) is 0 Å². The van der Waals surface area contributed by atoms with Crippen LogP contribution in [-0.2, 0) is 9.53 Å². The molecule has 0 fully saturated rings. The van der Waals surface area contributed by atoms with Gasteiger partial charge in [0, 0.05) is 13.3 Å². The average Bonchev–Trinajstić information content (AvgIpc) is 1.88. The van der Waals surface area contributed by atoms with Gasteiger partial charge in [0.1, 0.15) is 5.76 Å². The number of carbonyl (C=O) groups is 1. The Bertz CT molecular complexity index is 189. The van der Waals surface area contributed by atoms with Gasteiger partial charge in [0.2, 0.25) is 0 Å². The van der Waals surface area contributed by atoms with E-state index < -0.39 is 0 Å². The van der Waals surface area contributed by atoms with Crippen molar-refractivity contribution >= 4 is 5.97 Å². The first-order valence-electron chi connectivity index (χ1n) is 3.17. The Hall–Kier alpha value is -1.05. The number of rotatable bonds is 1. The fourth-order valence-electron chi connectivity index (χ4n) is 0.735. The molecule has 1 radical (unpaired) electrons. The van der Waals surface area contributed by atoms with E-state index in [1.165, 1.54) is 6.92 Å². The maximum atomic E-state index is 10.4. The van der Waals surface area contributed by atoms with Gasteiger partial charge in [0.25, 0.3) is 0 Å². The summed E-state index contributed by atoms with van der Waals surface area (Å²) in [6.07, 6.45) is 8.34. The van der Waals surface area contributed by atoms with E-state index in [4.69, 9.17) is 4.74 Å². The van der Waals surface area contributed by atoms with E-state index in [0.29, 0.717) is 5.76 Å². The first-order chi connectivity index (χ1) is 4.79. The zero-order valence-electron chi connectivity index (χ0n) is 5.83. The van der Waals surface area contributed by atoms with Gasteiger partial charge in [-0.25, -0.2) is 0 Å². The van der Waals surface area contributed by atoms with Crippen molar-refractivity contribution in [1.82, 2.24) is 0 Å². The lowest BCUT2D eigenvalue weighted by atomic mass is 10.2. The van der Waals surface area contributed by atoms with E-state index in [9.17, 15) is 4.79 Å². The van der Waals surface area contributed by atoms with Crippen molar-refractivity contribution in [3.63, 3.8) is 0 Å². The molecule has 0 saturated carbocycles. The van der Waals surface area contributed by atoms with Crippen LogP contribution in [0.15, 0.2) is 24.0 Å². The van der Waals surface area contributed by atoms with Crippen molar-refractivity contribution in [3.05, 3.63) is 30.4 Å². The molecular weight excluding hydrogens is 128 g/mol. The van der Waals surface area contributed by atoms with E-state index >= 15 is 0 Å². The van der Waals surface area contributed by atoms with Crippen LogP contribution in [0.25, 0.3) is 0 Å². The molecule has 53 valence electrons. The molecule has 0 aromatic carbocycles. The largest absolute Gasteiger partial charge is 0.431 e. The maximum Gasteiger partial charge on any atom is 0.307 e. The van der Waals surface area contributed by atoms with Crippen molar-refractivity contribution in [3.8, 4) is 0 Å². The second kappa shape index (κ2) is 3.20. The smallest absolute Gasteiger partial charge is 0.307 e. The first kappa shape index (κ1) is 7.06. The Labute approximate surface area is 60.2 Å². The summed E-state index contributed by atoms with van der Waals surface area (Å²) in [7, 11) is 0. The first-order valence-corrected chi connectivity index (χ1v) is 3.17. The minimum Gasteiger partial charge on any atom is -0.431 e. The van der Waals surface area contributed by atoms with Gasteiger partial charge in [-0.05, 0) is 12.5 Å². The zero-order valence-corrected chi connectivity index (χ0v) is 5.83. The number of esters is 1. The predicted octanol–water partition coefficient (Wildman–Crippen LogP) is 1.60. The van der Waals surface area contributed by atoms with Crippen LogP contribution in [0, 0.1) is 6.42 Å². The van der Waals surface area contributed by atoms with Crippen molar-refractivity contribution in [2.75, 3.05) is 0 Å². The molecule has 0 spiro atoms. The van der Waals surface area contributed by atoms with E-state index in [-0.39, 0.29) is 5.97 Å². The van der Waals surface area contributed by atoms with E-state index in [2.05, 4.69) is 0 Å². The van der Waals surface area contributed by atoms with Gasteiger partial charge in [-0.3, -0.25) is 4.79 Å². The third-order valence-corrected chi connectivity index (χ3v) is 1.11. The highest BCUT2D eigenvalue weighted by molar-refractivity contribution is 5.67. The summed E-state index contributed by atoms with van der Waals surface area (Å²) in [5, 5.41) is 0. The normalized spacial score (nSPS) is 16.3. The molecule has 0 amide bonds. The second-order valence-electron chi connectivity index (χ2n) is 2.03. The Morgan fingerprint density at radius 3 is 3.00 bits per heavy atom. The summed E-state index contributed by atoms with van der Waals surface area (Å²) >= 11 is 0. The molecule has 0 bridgehead atoms. The molecule has 1 rings (SSSR count). The molecule has 0 heterocycles. The molecular formula is C8H9O2. The minimum atomic E-state index is -0.266. The highest BCUT2D eigenvalue weighted by Gasteiger charge is 2.02. The van der Waals surface area contributed by atoms with Gasteiger partial charge in [-0.2, -0.15) is 0 Å². The van der Waals surface area contributed by atoms with Gasteiger partial charge in [-0.15, -0.1) is 0 Å². The average molecular weight is 137 g/mol. The van der Waals surface area contributed by atoms with Crippen LogP contribution in [0.1, 0.15) is 13.3 Å². The third-order valence-electron chi connectivity index (χ3n) is 1.11. The van der Waals surface area contributed by atoms with Crippen LogP contribution in [-0.4, -0.2) is 5.97 Å². The SMILES string of the molecule is CC(=O)OC1=CC=CC[CH]1. The maximum absolute atomic E-state index is 10.4. The molecule has 0 aromatic heterocycles. The predicted molar refractivity (Wildman–Crippen MR) is 37.9 cm³/mol. The second-order valence-corrected chi connectivity index (χ2v) is 2.03. The Morgan fingerprint density at radius 1 is 1.70 bits per heavy atom. The molecule has 10 heavy (non-hydrogen) atoms. The number of allylic oxidation sites excluding steroid dienone is 4. The Kier molecular flexibility index (Phi) is 2.26. The number of ether oxygens (including phenoxy) is 1. The lowest BCUT2D eigenvalue weighted by Gasteiger charge is -2.06. The standard InChI is InChI=1S/C8H9O2/c1-7(9)10-8-5-3-2-4-6-8/h2-3,5-6H,4H2,1H3. The van der Waals surface area contributed by atoms with Crippen molar-refractivity contribution in [2.24, 2.45) is 0 Å². The molecule has 1 aliphatic carbocycles. The van der Waals surface area contributed by atoms with Gasteiger partial charge in [-0.1, -0.05) is 12.2 Å². The third kappa shape index (κ3) is 2.05. The summed E-state index contributed by atoms with van der Waals surface area (Å²) < 4.78 is 4.81. The molecule has 0 aromatic rings. The fourth-order valence-corrected chi connectivity index (χ4v) is 0.735. The van der Waals surface area contributed by atoms with Gasteiger partial charge in [0.05, 0.1) is 0 Å². The summed E-state index contributed by atoms with van der Waals surface area (Å²) in [6.45, 7) is 1.40. The molecule has 0 aliphatic heterocycles. The lowest BCUT2D eigenvalue weighted by Crippen LogP contribution is -2.00. The van der Waals surface area contributed by atoms with Crippen LogP contribution in [0.4, 0.5) is 0 Å². The van der Waals surface area contributed by atoms with Crippen LogP contribution in [0.3, 0.4) is 0 Å². The molecule has 0 saturated heterocycles. The summed E-state index contributed by atoms with van der Waals surface area (Å²) in [5.41, 5.74) is 0. The van der Waals surface area contributed by atoms with Gasteiger partial charge in [0.15, 0.2) is 0 Å². The van der Waals surface area contributed by atoms with Crippen molar-refractivity contribution in [2.45, 2.75) is 13.3 Å². The van der Waals surface area contributed by atoms with Crippen LogP contribution >= 0.6 is 0 Å². The van der Waals surface area contributed by atoms with E-state index in [0.717, 1.165) is 6.42 Å². The quantitative estimate of drug-likeness (QED) is 0.513. The number of hydrogen-bond donors (Lipinski definition) is 0. The molecule has 0 atom stereocenters. The molecule has 0 unspecified atom stereocenters. The summed E-state index contributed by atoms with van der Waals surface area (Å²) in [4.78, 5) is 10.4. The highest BCUT2D eigenvalue weighted by atomic mass is 16.5. The Morgan fingerprint density at radius 2 is 2.50 bits per heavy atom. The highest BCUT2D eigenvalue weighted by Crippen LogP contribution is 2.11. The topological polar surface area (TPSA) is 26.3 Å². The van der Waals surface area contributed by atoms with Gasteiger partial charge >= 0.3 is 5.97 Å². The van der Waals surface area contributed by atoms with Crippen molar-refractivity contribution < 1.29 is 9.53 Å². The summed E-state index contributed by atoms with van der Waals surface area (Å²) in [5.74, 6) is 0.382. The molecule has 2 nitrogen and oxygen atoms in total. The van der Waals surface area contributed by atoms with E-state index in [1.807, 2.05) is 18.6 Å². The van der Waals surface area contributed by atoms with Crippen molar-refractivity contribution in [1.29, 1.82) is 0 Å². The summed E-state index contributed by atoms with van der Waals surface area (Å²) in [6, 6.07) is 0. The van der Waals surface area contributed by atoms with E-state index in [1.54, 1.807) is 6.08 Å². The van der Waals surface area contributed by atoms with Crippen LogP contribution < -0.4 is 0 Å². The number of carbonyl (C=O) groups excluding carboxylic acids is 1. The number of hydrogen-bond acceptors (Lipinski definition) is 2. The fraction of sp³-hybridized carbons (Fsp3) is 0.250. The minimum absolute atomic E-state index is 0.266. The molecule has 0 N–H and O–H groups in total. The molecule has 1 aliphatic rings. The monoisotopic (exact) mass is 137 g/mol.